The summed E-state index contributed by atoms with van der Waals surface area (Å²) in [5.41, 5.74) is 6.01. The smallest absolute Gasteiger partial charge is 0.353 e. The molecule has 0 bridgehead atoms. The van der Waals surface area contributed by atoms with Crippen molar-refractivity contribution in [3.05, 3.63) is 63.1 Å². The molecule has 3 N–H and O–H groups in total. The normalized spacial score (nSPS) is 13.4. The lowest BCUT2D eigenvalue weighted by atomic mass is 10.1. The van der Waals surface area contributed by atoms with Crippen LogP contribution in [0.2, 0.25) is 15.1 Å². The molecule has 0 unspecified atom stereocenters. The number of benzene rings is 2. The third kappa shape index (κ3) is 6.07. The van der Waals surface area contributed by atoms with Crippen molar-refractivity contribution < 1.29 is 18.0 Å². The average Bonchev–Trinajstić information content (AvgIpc) is 2.64. The Balaban J connectivity index is 2.20. The van der Waals surface area contributed by atoms with Crippen molar-refractivity contribution >= 4 is 56.6 Å². The Labute approximate surface area is 183 Å². The predicted molar refractivity (Wildman–Crippen MR) is 114 cm³/mol. The molecule has 0 aliphatic rings. The first-order chi connectivity index (χ1) is 13.5. The topological polar surface area (TPSA) is 111 Å². The van der Waals surface area contributed by atoms with Gasteiger partial charge in [0.25, 0.3) is 0 Å². The van der Waals surface area contributed by atoms with Crippen LogP contribution in [0.3, 0.4) is 0 Å². The van der Waals surface area contributed by atoms with Gasteiger partial charge in [0.2, 0.25) is 10.0 Å². The lowest BCUT2D eigenvalue weighted by molar-refractivity contribution is -0.146. The molecule has 2 rings (SSSR count). The molecule has 0 fully saturated rings. The van der Waals surface area contributed by atoms with E-state index >= 15 is 0 Å². The number of nitrogens with two attached hydrogens (primary N) is 1. The highest BCUT2D eigenvalue weighted by molar-refractivity contribution is 7.89. The zero-order valence-electron chi connectivity index (χ0n) is 15.4. The van der Waals surface area contributed by atoms with Crippen LogP contribution in [0.15, 0.2) is 52.5 Å². The minimum absolute atomic E-state index is 0.0498. The molecule has 1 atom stereocenters. The summed E-state index contributed by atoms with van der Waals surface area (Å²) < 4.78 is 27.4. The van der Waals surface area contributed by atoms with E-state index in [0.717, 1.165) is 0 Å². The molecule has 2 aromatic carbocycles. The van der Waals surface area contributed by atoms with Crippen LogP contribution in [-0.2, 0) is 19.7 Å². The van der Waals surface area contributed by atoms with Crippen LogP contribution in [-0.4, -0.2) is 26.3 Å². The first kappa shape index (κ1) is 23.4. The quantitative estimate of drug-likeness (QED) is 0.272. The van der Waals surface area contributed by atoms with Crippen molar-refractivity contribution in [2.75, 3.05) is 0 Å². The molecule has 7 nitrogen and oxygen atoms in total. The van der Waals surface area contributed by atoms with Crippen molar-refractivity contribution in [3.63, 3.8) is 0 Å². The Hall–Kier alpha value is -1.84. The summed E-state index contributed by atoms with van der Waals surface area (Å²) in [5, 5.41) is 4.38. The Morgan fingerprint density at radius 2 is 1.62 bits per heavy atom. The molecule has 0 amide bonds. The fourth-order valence-corrected chi connectivity index (χ4v) is 4.29. The number of amidine groups is 1. The van der Waals surface area contributed by atoms with E-state index in [-0.39, 0.29) is 26.3 Å². The van der Waals surface area contributed by atoms with Gasteiger partial charge in [0, 0.05) is 5.02 Å². The number of hydrogen-bond acceptors (Lipinski definition) is 5. The van der Waals surface area contributed by atoms with Gasteiger partial charge in [-0.3, -0.25) is 0 Å². The van der Waals surface area contributed by atoms with E-state index in [1.165, 1.54) is 24.3 Å². The molecule has 0 aromatic heterocycles. The fraction of sp³-hybridized carbons (Fsp3) is 0.222. The largest absolute Gasteiger partial charge is 0.380 e. The summed E-state index contributed by atoms with van der Waals surface area (Å²) in [6.45, 7) is 3.29. The molecule has 0 aliphatic heterocycles. The number of halogens is 3. The highest BCUT2D eigenvalue weighted by Crippen LogP contribution is 2.24. The highest BCUT2D eigenvalue weighted by atomic mass is 35.5. The fourth-order valence-electron chi connectivity index (χ4n) is 2.24. The number of oxime groups is 1. The van der Waals surface area contributed by atoms with Crippen molar-refractivity contribution in [1.29, 1.82) is 0 Å². The molecule has 0 saturated carbocycles. The van der Waals surface area contributed by atoms with Gasteiger partial charge in [0.15, 0.2) is 5.84 Å². The third-order valence-corrected chi connectivity index (χ3v) is 6.12. The molecule has 0 aliphatic carbocycles. The number of nitrogens with one attached hydrogen (secondary N) is 1. The SMILES string of the molecule is CC(C)[C@@H](NS(=O)(=O)c1ccc(Cl)cc1)C(=O)O/N=C(/N)c1c(Cl)cccc1Cl. The summed E-state index contributed by atoms with van der Waals surface area (Å²) in [6, 6.07) is 9.00. The molecule has 0 heterocycles. The van der Waals surface area contributed by atoms with Gasteiger partial charge in [-0.1, -0.05) is 59.9 Å². The summed E-state index contributed by atoms with van der Waals surface area (Å²) in [5.74, 6) is -1.61. The predicted octanol–water partition coefficient (Wildman–Crippen LogP) is 3.81. The number of carbonyl (C=O) groups excluding carboxylic acids is 1. The molecule has 0 spiro atoms. The molecular formula is C18H18Cl3N3O4S. The zero-order valence-corrected chi connectivity index (χ0v) is 18.5. The van der Waals surface area contributed by atoms with E-state index in [4.69, 9.17) is 45.4 Å². The van der Waals surface area contributed by atoms with Gasteiger partial charge in [-0.15, -0.1) is 0 Å². The van der Waals surface area contributed by atoms with Crippen molar-refractivity contribution in [2.24, 2.45) is 16.8 Å². The number of nitrogens with zero attached hydrogens (tertiary/aromatic N) is 1. The van der Waals surface area contributed by atoms with Gasteiger partial charge < -0.3 is 10.6 Å². The number of sulfonamides is 1. The Morgan fingerprint density at radius 3 is 2.14 bits per heavy atom. The van der Waals surface area contributed by atoms with Gasteiger partial charge in [-0.05, 0) is 42.3 Å². The standard InChI is InChI=1S/C18H18Cl3N3O4S/c1-10(2)16(24-29(26,27)12-8-6-11(19)7-9-12)18(25)28-23-17(22)15-13(20)4-3-5-14(15)21/h3-10,16,24H,1-2H3,(H2,22,23)/t16-/m1/s1. The van der Waals surface area contributed by atoms with Crippen LogP contribution in [0.5, 0.6) is 0 Å². The van der Waals surface area contributed by atoms with Crippen LogP contribution in [0.4, 0.5) is 0 Å². The molecule has 2 aromatic rings. The van der Waals surface area contributed by atoms with Gasteiger partial charge in [0.05, 0.1) is 20.5 Å². The summed E-state index contributed by atoms with van der Waals surface area (Å²) in [7, 11) is -4.00. The van der Waals surface area contributed by atoms with Crippen molar-refractivity contribution in [2.45, 2.75) is 24.8 Å². The molecular weight excluding hydrogens is 461 g/mol. The maximum atomic E-state index is 12.6. The molecule has 0 radical (unpaired) electrons. The third-order valence-electron chi connectivity index (χ3n) is 3.78. The Kier molecular flexibility index (Phi) is 7.90. The first-order valence-corrected chi connectivity index (χ1v) is 10.9. The van der Waals surface area contributed by atoms with E-state index in [0.29, 0.717) is 5.02 Å². The van der Waals surface area contributed by atoms with E-state index in [1.54, 1.807) is 32.0 Å². The minimum Gasteiger partial charge on any atom is -0.380 e. The Bertz CT molecular complexity index is 1000. The van der Waals surface area contributed by atoms with Gasteiger partial charge in [-0.2, -0.15) is 4.72 Å². The van der Waals surface area contributed by atoms with Crippen molar-refractivity contribution in [3.8, 4) is 0 Å². The second kappa shape index (κ2) is 9.77. The summed E-state index contributed by atoms with van der Waals surface area (Å²) in [4.78, 5) is 17.3. The maximum Gasteiger partial charge on any atom is 0.353 e. The lowest BCUT2D eigenvalue weighted by Crippen LogP contribution is -2.44. The number of hydrogen-bond donors (Lipinski definition) is 2. The van der Waals surface area contributed by atoms with Gasteiger partial charge in [-0.25, -0.2) is 13.2 Å². The highest BCUT2D eigenvalue weighted by Gasteiger charge is 2.30. The minimum atomic E-state index is -4.00. The monoisotopic (exact) mass is 477 g/mol. The second-order valence-electron chi connectivity index (χ2n) is 6.28. The van der Waals surface area contributed by atoms with Crippen LogP contribution in [0, 0.1) is 5.92 Å². The van der Waals surface area contributed by atoms with Gasteiger partial charge in [0.1, 0.15) is 6.04 Å². The summed E-state index contributed by atoms with van der Waals surface area (Å²) in [6.07, 6.45) is 0. The zero-order chi connectivity index (χ0) is 21.8. The maximum absolute atomic E-state index is 12.6. The molecule has 156 valence electrons. The Morgan fingerprint density at radius 1 is 1.07 bits per heavy atom. The number of rotatable bonds is 7. The lowest BCUT2D eigenvalue weighted by Gasteiger charge is -2.19. The molecule has 29 heavy (non-hydrogen) atoms. The second-order valence-corrected chi connectivity index (χ2v) is 9.25. The van der Waals surface area contributed by atoms with Crippen molar-refractivity contribution in [1.82, 2.24) is 4.72 Å². The number of carbonyl (C=O) groups is 1. The van der Waals surface area contributed by atoms with Crippen LogP contribution in [0.25, 0.3) is 0 Å². The molecule has 0 saturated heterocycles. The molecule has 11 heteroatoms. The van der Waals surface area contributed by atoms with Gasteiger partial charge >= 0.3 is 5.97 Å². The van der Waals surface area contributed by atoms with E-state index in [9.17, 15) is 13.2 Å². The first-order valence-electron chi connectivity index (χ1n) is 8.29. The van der Waals surface area contributed by atoms with E-state index in [1.807, 2.05) is 0 Å². The van der Waals surface area contributed by atoms with Crippen LogP contribution < -0.4 is 10.5 Å². The summed E-state index contributed by atoms with van der Waals surface area (Å²) >= 11 is 17.8. The van der Waals surface area contributed by atoms with E-state index < -0.39 is 28.0 Å². The van der Waals surface area contributed by atoms with E-state index in [2.05, 4.69) is 9.88 Å². The van der Waals surface area contributed by atoms with Crippen LogP contribution >= 0.6 is 34.8 Å². The van der Waals surface area contributed by atoms with Crippen LogP contribution in [0.1, 0.15) is 19.4 Å². The average molecular weight is 479 g/mol.